The van der Waals surface area contributed by atoms with Crippen molar-refractivity contribution in [2.75, 3.05) is 0 Å². The quantitative estimate of drug-likeness (QED) is 0.217. The second-order valence-corrected chi connectivity index (χ2v) is 9.07. The molecule has 1 heteroatoms. The van der Waals surface area contributed by atoms with E-state index in [1.807, 2.05) is 0 Å². The second kappa shape index (κ2) is 17.5. The Hall–Kier alpha value is 0.0649. The molecule has 0 aliphatic heterocycles. The second-order valence-electron chi connectivity index (χ2n) is 9.07. The zero-order chi connectivity index (χ0) is 18.0. The highest BCUT2D eigenvalue weighted by molar-refractivity contribution is 6.39. The van der Waals surface area contributed by atoms with E-state index in [0.717, 1.165) is 11.6 Å². The van der Waals surface area contributed by atoms with Gasteiger partial charge in [0.15, 0.2) is 0 Å². The van der Waals surface area contributed by atoms with Gasteiger partial charge < -0.3 is 0 Å². The van der Waals surface area contributed by atoms with Gasteiger partial charge >= 0.3 is 0 Å². The monoisotopic (exact) mass is 348 g/mol. The third kappa shape index (κ3) is 13.9. The lowest BCUT2D eigenvalue weighted by Crippen LogP contribution is -2.12. The summed E-state index contributed by atoms with van der Waals surface area (Å²) < 4.78 is 0. The maximum atomic E-state index is 2.33. The van der Waals surface area contributed by atoms with Crippen LogP contribution in [-0.4, -0.2) is 7.28 Å². The first kappa shape index (κ1) is 23.1. The van der Waals surface area contributed by atoms with E-state index in [0.29, 0.717) is 0 Å². The molecule has 0 atom stereocenters. The number of hydrogen-bond acceptors (Lipinski definition) is 0. The molecule has 0 spiro atoms. The van der Waals surface area contributed by atoms with Crippen LogP contribution in [0.4, 0.5) is 0 Å². The third-order valence-corrected chi connectivity index (χ3v) is 6.57. The van der Waals surface area contributed by atoms with E-state index in [1.165, 1.54) is 116 Å². The van der Waals surface area contributed by atoms with E-state index >= 15 is 0 Å². The standard InChI is InChI=1S/C24H49B/c1-3-5-7-11-15-19-23(20-16-12-8-6-4-2)25-24-21-17-13-9-10-14-18-22-24/h23-25H,3-22H2,1-2H3. The molecule has 0 aromatic rings. The Morgan fingerprint density at radius 2 is 1.04 bits per heavy atom. The zero-order valence-corrected chi connectivity index (χ0v) is 18.0. The fourth-order valence-electron chi connectivity index (χ4n) is 4.88. The summed E-state index contributed by atoms with van der Waals surface area (Å²) >= 11 is 0. The minimum absolute atomic E-state index is 1.05. The van der Waals surface area contributed by atoms with Crippen LogP contribution in [-0.2, 0) is 0 Å². The molecule has 0 unspecified atom stereocenters. The van der Waals surface area contributed by atoms with E-state index in [4.69, 9.17) is 0 Å². The molecule has 0 N–H and O–H groups in total. The summed E-state index contributed by atoms with van der Waals surface area (Å²) in [6.07, 6.45) is 29.8. The normalized spacial score (nSPS) is 17.2. The van der Waals surface area contributed by atoms with Crippen LogP contribution in [0.1, 0.15) is 142 Å². The van der Waals surface area contributed by atoms with Crippen molar-refractivity contribution in [3.63, 3.8) is 0 Å². The molecule has 0 heterocycles. The maximum absolute atomic E-state index is 2.33. The molecule has 0 amide bonds. The van der Waals surface area contributed by atoms with Crippen molar-refractivity contribution in [2.45, 2.75) is 154 Å². The first-order chi connectivity index (χ1) is 12.4. The van der Waals surface area contributed by atoms with Crippen LogP contribution in [0, 0.1) is 0 Å². The first-order valence-electron chi connectivity index (χ1n) is 12.4. The molecule has 0 aromatic heterocycles. The highest BCUT2D eigenvalue weighted by atomic mass is 14.1. The summed E-state index contributed by atoms with van der Waals surface area (Å²) in [6, 6.07) is 0. The number of unbranched alkanes of at least 4 members (excludes halogenated alkanes) is 8. The maximum Gasteiger partial charge on any atom is 0.127 e. The van der Waals surface area contributed by atoms with Gasteiger partial charge in [-0.15, -0.1) is 0 Å². The smallest absolute Gasteiger partial charge is 0.0654 e. The Balaban J connectivity index is 2.32. The molecule has 0 aromatic carbocycles. The number of rotatable bonds is 14. The van der Waals surface area contributed by atoms with Gasteiger partial charge in [-0.2, -0.15) is 0 Å². The van der Waals surface area contributed by atoms with E-state index < -0.39 is 0 Å². The van der Waals surface area contributed by atoms with Crippen molar-refractivity contribution in [2.24, 2.45) is 0 Å². The van der Waals surface area contributed by atoms with Gasteiger partial charge in [-0.25, -0.2) is 0 Å². The van der Waals surface area contributed by atoms with Gasteiger partial charge in [0.2, 0.25) is 0 Å². The van der Waals surface area contributed by atoms with Crippen molar-refractivity contribution in [3.05, 3.63) is 0 Å². The van der Waals surface area contributed by atoms with Gasteiger partial charge in [-0.3, -0.25) is 0 Å². The van der Waals surface area contributed by atoms with Gasteiger partial charge in [0.25, 0.3) is 0 Å². The predicted octanol–water partition coefficient (Wildman–Crippen LogP) is 8.86. The Labute approximate surface area is 161 Å². The van der Waals surface area contributed by atoms with Crippen molar-refractivity contribution < 1.29 is 0 Å². The molecule has 1 aliphatic carbocycles. The van der Waals surface area contributed by atoms with E-state index in [9.17, 15) is 0 Å². The van der Waals surface area contributed by atoms with Gasteiger partial charge in [-0.1, -0.05) is 154 Å². The predicted molar refractivity (Wildman–Crippen MR) is 118 cm³/mol. The summed E-state index contributed by atoms with van der Waals surface area (Å²) in [7, 11) is 1.57. The van der Waals surface area contributed by atoms with Crippen molar-refractivity contribution in [1.82, 2.24) is 0 Å². The van der Waals surface area contributed by atoms with Gasteiger partial charge in [0.1, 0.15) is 7.28 Å². The van der Waals surface area contributed by atoms with E-state index in [-0.39, 0.29) is 0 Å². The summed E-state index contributed by atoms with van der Waals surface area (Å²) in [6.45, 7) is 4.66. The molecule has 0 saturated heterocycles. The Bertz CT molecular complexity index is 239. The van der Waals surface area contributed by atoms with E-state index in [2.05, 4.69) is 13.8 Å². The highest BCUT2D eigenvalue weighted by Crippen LogP contribution is 2.33. The van der Waals surface area contributed by atoms with Crippen molar-refractivity contribution in [1.29, 1.82) is 0 Å². The minimum Gasteiger partial charge on any atom is -0.0654 e. The number of hydrogen-bond donors (Lipinski definition) is 0. The Kier molecular flexibility index (Phi) is 16.2. The van der Waals surface area contributed by atoms with Crippen LogP contribution in [0.2, 0.25) is 11.6 Å². The molecular formula is C24H49B. The van der Waals surface area contributed by atoms with Gasteiger partial charge in [0.05, 0.1) is 0 Å². The molecule has 1 aliphatic rings. The average molecular weight is 348 g/mol. The lowest BCUT2D eigenvalue weighted by molar-refractivity contribution is 0.529. The van der Waals surface area contributed by atoms with Crippen LogP contribution in [0.5, 0.6) is 0 Å². The van der Waals surface area contributed by atoms with Gasteiger partial charge in [-0.05, 0) is 0 Å². The molecule has 0 bridgehead atoms. The molecule has 0 nitrogen and oxygen atoms in total. The largest absolute Gasteiger partial charge is 0.127 e. The molecule has 1 fully saturated rings. The fourth-order valence-corrected chi connectivity index (χ4v) is 4.88. The zero-order valence-electron chi connectivity index (χ0n) is 18.0. The first-order valence-corrected chi connectivity index (χ1v) is 12.4. The summed E-state index contributed by atoms with van der Waals surface area (Å²) in [5.41, 5.74) is 0. The summed E-state index contributed by atoms with van der Waals surface area (Å²) in [4.78, 5) is 0. The molecule has 25 heavy (non-hydrogen) atoms. The molecule has 1 saturated carbocycles. The molecule has 0 radical (unpaired) electrons. The fraction of sp³-hybridized carbons (Fsp3) is 1.00. The SMILES string of the molecule is CCCCCCCC(BC1CCCCCCCC1)CCCCCCC. The topological polar surface area (TPSA) is 0 Å². The average Bonchev–Trinajstić information content (AvgIpc) is 2.75. The summed E-state index contributed by atoms with van der Waals surface area (Å²) in [5.74, 6) is 2.11. The van der Waals surface area contributed by atoms with Crippen LogP contribution in [0.3, 0.4) is 0 Å². The lowest BCUT2D eigenvalue weighted by atomic mass is 9.50. The van der Waals surface area contributed by atoms with Crippen LogP contribution in [0.15, 0.2) is 0 Å². The van der Waals surface area contributed by atoms with Crippen molar-refractivity contribution in [3.8, 4) is 0 Å². The van der Waals surface area contributed by atoms with Crippen LogP contribution >= 0.6 is 0 Å². The highest BCUT2D eigenvalue weighted by Gasteiger charge is 2.18. The summed E-state index contributed by atoms with van der Waals surface area (Å²) in [5, 5.41) is 0. The Morgan fingerprint density at radius 3 is 1.52 bits per heavy atom. The molecule has 148 valence electrons. The lowest BCUT2D eigenvalue weighted by Gasteiger charge is -2.22. The van der Waals surface area contributed by atoms with E-state index in [1.54, 1.807) is 20.1 Å². The van der Waals surface area contributed by atoms with Crippen molar-refractivity contribution >= 4 is 7.28 Å². The van der Waals surface area contributed by atoms with Gasteiger partial charge in [0, 0.05) is 0 Å². The van der Waals surface area contributed by atoms with Crippen LogP contribution < -0.4 is 0 Å². The molecular weight excluding hydrogens is 299 g/mol. The molecule has 1 rings (SSSR count). The van der Waals surface area contributed by atoms with Crippen LogP contribution in [0.25, 0.3) is 0 Å². The third-order valence-electron chi connectivity index (χ3n) is 6.57. The Morgan fingerprint density at radius 1 is 0.600 bits per heavy atom. The minimum atomic E-state index is 1.05.